The van der Waals surface area contributed by atoms with E-state index in [-0.39, 0.29) is 22.7 Å². The fraction of sp³-hybridized carbons (Fsp3) is 0.600. The number of carbonyl (C=O) groups is 2. The number of morpholine rings is 1. The Hall–Kier alpha value is -2.52. The number of ether oxygens (including phenoxy) is 2. The maximum absolute atomic E-state index is 12.3. The third-order valence-corrected chi connectivity index (χ3v) is 5.71. The molecule has 2 aliphatic rings. The van der Waals surface area contributed by atoms with Crippen LogP contribution in [0.4, 0.5) is 5.69 Å². The number of nitro benzene ring substituents is 1. The van der Waals surface area contributed by atoms with E-state index in [4.69, 9.17) is 9.47 Å². The largest absolute Gasteiger partial charge is 0.452 e. The summed E-state index contributed by atoms with van der Waals surface area (Å²) < 4.78 is 10.5. The van der Waals surface area contributed by atoms with Crippen LogP contribution in [-0.2, 0) is 14.3 Å². The first kappa shape index (κ1) is 21.2. The molecule has 1 saturated heterocycles. The summed E-state index contributed by atoms with van der Waals surface area (Å²) in [5, 5.41) is 13.7. The molecule has 1 aromatic rings. The Labute approximate surface area is 169 Å². The molecule has 9 nitrogen and oxygen atoms in total. The fourth-order valence-electron chi connectivity index (χ4n) is 4.13. The van der Waals surface area contributed by atoms with Crippen molar-refractivity contribution in [2.24, 2.45) is 0 Å². The molecule has 1 N–H and O–H groups in total. The molecule has 1 amide bonds. The molecular weight excluding hydrogens is 378 g/mol. The number of esters is 1. The molecule has 0 radical (unpaired) electrons. The monoisotopic (exact) mass is 405 g/mol. The summed E-state index contributed by atoms with van der Waals surface area (Å²) in [5.41, 5.74) is -0.223. The van der Waals surface area contributed by atoms with Crippen LogP contribution in [0.2, 0.25) is 0 Å². The van der Waals surface area contributed by atoms with Crippen molar-refractivity contribution in [1.82, 2.24) is 10.2 Å². The molecule has 3 rings (SSSR count). The predicted molar refractivity (Wildman–Crippen MR) is 105 cm³/mol. The molecule has 2 fully saturated rings. The van der Waals surface area contributed by atoms with Crippen molar-refractivity contribution < 1.29 is 24.0 Å². The van der Waals surface area contributed by atoms with E-state index in [2.05, 4.69) is 10.2 Å². The molecule has 1 saturated carbocycles. The zero-order chi connectivity index (χ0) is 20.7. The van der Waals surface area contributed by atoms with Crippen LogP contribution in [0.25, 0.3) is 0 Å². The lowest BCUT2D eigenvalue weighted by atomic mass is 9.79. The molecule has 158 valence electrons. The highest BCUT2D eigenvalue weighted by atomic mass is 16.6. The number of nitrogens with zero attached hydrogens (tertiary/aromatic N) is 2. The number of amides is 1. The number of hydrogen-bond donors (Lipinski definition) is 1. The van der Waals surface area contributed by atoms with Crippen molar-refractivity contribution in [3.8, 4) is 0 Å². The lowest BCUT2D eigenvalue weighted by molar-refractivity contribution is -0.384. The summed E-state index contributed by atoms with van der Waals surface area (Å²) in [4.78, 5) is 37.0. The van der Waals surface area contributed by atoms with Crippen molar-refractivity contribution in [2.75, 3.05) is 39.5 Å². The molecule has 1 aliphatic carbocycles. The number of carbonyl (C=O) groups excluding carboxylic acids is 2. The molecule has 0 atom stereocenters. The van der Waals surface area contributed by atoms with Crippen LogP contribution < -0.4 is 5.32 Å². The van der Waals surface area contributed by atoms with Gasteiger partial charge in [-0.25, -0.2) is 4.79 Å². The standard InChI is InChI=1S/C20H27N3O6/c24-18(14-29-19(25)16-5-4-6-17(13-16)23(26)27)21-15-20(7-2-1-3-8-20)22-9-11-28-12-10-22/h4-6,13H,1-3,7-12,14-15H2,(H,21,24). The molecule has 0 spiro atoms. The number of nitrogens with one attached hydrogen (secondary N) is 1. The summed E-state index contributed by atoms with van der Waals surface area (Å²) in [5.74, 6) is -1.13. The molecular formula is C20H27N3O6. The Morgan fingerprint density at radius 3 is 2.62 bits per heavy atom. The first-order valence-electron chi connectivity index (χ1n) is 10.0. The zero-order valence-electron chi connectivity index (χ0n) is 16.4. The summed E-state index contributed by atoms with van der Waals surface area (Å²) in [6.07, 6.45) is 5.53. The van der Waals surface area contributed by atoms with Gasteiger partial charge in [-0.3, -0.25) is 19.8 Å². The van der Waals surface area contributed by atoms with Crippen molar-refractivity contribution in [1.29, 1.82) is 0 Å². The van der Waals surface area contributed by atoms with Crippen LogP contribution in [-0.4, -0.2) is 66.7 Å². The number of rotatable bonds is 7. The van der Waals surface area contributed by atoms with E-state index in [1.165, 1.54) is 24.6 Å². The van der Waals surface area contributed by atoms with Crippen LogP contribution in [0.5, 0.6) is 0 Å². The van der Waals surface area contributed by atoms with Crippen LogP contribution in [0.15, 0.2) is 24.3 Å². The van der Waals surface area contributed by atoms with E-state index in [1.54, 1.807) is 0 Å². The maximum Gasteiger partial charge on any atom is 0.338 e. The minimum atomic E-state index is -0.760. The highest BCUT2D eigenvalue weighted by molar-refractivity contribution is 5.91. The minimum absolute atomic E-state index is 0.0454. The third-order valence-electron chi connectivity index (χ3n) is 5.71. The SMILES string of the molecule is O=C(COC(=O)c1cccc([N+](=O)[O-])c1)NCC1(N2CCOCC2)CCCCC1. The quantitative estimate of drug-likeness (QED) is 0.419. The normalized spacial score (nSPS) is 19.3. The number of hydrogen-bond acceptors (Lipinski definition) is 7. The minimum Gasteiger partial charge on any atom is -0.452 e. The summed E-state index contributed by atoms with van der Waals surface area (Å²) in [7, 11) is 0. The first-order valence-corrected chi connectivity index (χ1v) is 10.0. The Morgan fingerprint density at radius 1 is 1.21 bits per heavy atom. The molecule has 1 aromatic carbocycles. The number of benzene rings is 1. The van der Waals surface area contributed by atoms with Gasteiger partial charge in [-0.05, 0) is 18.9 Å². The predicted octanol–water partition coefficient (Wildman–Crippen LogP) is 1.90. The van der Waals surface area contributed by atoms with Gasteiger partial charge in [0.1, 0.15) is 0 Å². The van der Waals surface area contributed by atoms with Gasteiger partial charge in [0.25, 0.3) is 11.6 Å². The van der Waals surface area contributed by atoms with Crippen LogP contribution in [0.3, 0.4) is 0 Å². The molecule has 1 heterocycles. The van der Waals surface area contributed by atoms with Gasteiger partial charge in [0, 0.05) is 37.3 Å². The number of nitro groups is 1. The van der Waals surface area contributed by atoms with Gasteiger partial charge in [0.15, 0.2) is 6.61 Å². The van der Waals surface area contributed by atoms with E-state index in [1.807, 2.05) is 0 Å². The van der Waals surface area contributed by atoms with E-state index in [9.17, 15) is 19.7 Å². The Kier molecular flexibility index (Phi) is 7.16. The van der Waals surface area contributed by atoms with Gasteiger partial charge in [0.2, 0.25) is 0 Å². The van der Waals surface area contributed by atoms with Gasteiger partial charge < -0.3 is 14.8 Å². The maximum atomic E-state index is 12.3. The van der Waals surface area contributed by atoms with Gasteiger partial charge in [-0.1, -0.05) is 25.3 Å². The Balaban J connectivity index is 1.52. The second kappa shape index (κ2) is 9.80. The van der Waals surface area contributed by atoms with Gasteiger partial charge in [-0.2, -0.15) is 0 Å². The van der Waals surface area contributed by atoms with Crippen LogP contribution in [0, 0.1) is 10.1 Å². The van der Waals surface area contributed by atoms with E-state index < -0.39 is 17.5 Å². The van der Waals surface area contributed by atoms with Gasteiger partial charge >= 0.3 is 5.97 Å². The Bertz CT molecular complexity index is 741. The number of non-ortho nitro benzene ring substituents is 1. The highest BCUT2D eigenvalue weighted by Gasteiger charge is 2.38. The summed E-state index contributed by atoms with van der Waals surface area (Å²) in [6.45, 7) is 3.23. The molecule has 0 unspecified atom stereocenters. The highest BCUT2D eigenvalue weighted by Crippen LogP contribution is 2.33. The molecule has 1 aliphatic heterocycles. The second-order valence-corrected chi connectivity index (χ2v) is 7.54. The van der Waals surface area contributed by atoms with Gasteiger partial charge in [0.05, 0.1) is 23.7 Å². The molecule has 9 heteroatoms. The third kappa shape index (κ3) is 5.51. The molecule has 29 heavy (non-hydrogen) atoms. The second-order valence-electron chi connectivity index (χ2n) is 7.54. The lowest BCUT2D eigenvalue weighted by Crippen LogP contribution is -2.59. The van der Waals surface area contributed by atoms with E-state index in [0.29, 0.717) is 19.8 Å². The first-order chi connectivity index (χ1) is 14.0. The smallest absolute Gasteiger partial charge is 0.338 e. The molecule has 0 aromatic heterocycles. The topological polar surface area (TPSA) is 111 Å². The van der Waals surface area contributed by atoms with Crippen molar-refractivity contribution in [3.05, 3.63) is 39.9 Å². The van der Waals surface area contributed by atoms with E-state index >= 15 is 0 Å². The summed E-state index contributed by atoms with van der Waals surface area (Å²) in [6, 6.07) is 5.25. The van der Waals surface area contributed by atoms with E-state index in [0.717, 1.165) is 44.8 Å². The average Bonchev–Trinajstić information content (AvgIpc) is 2.77. The van der Waals surface area contributed by atoms with Gasteiger partial charge in [-0.15, -0.1) is 0 Å². The van der Waals surface area contributed by atoms with Crippen molar-refractivity contribution in [2.45, 2.75) is 37.6 Å². The fourth-order valence-corrected chi connectivity index (χ4v) is 4.13. The van der Waals surface area contributed by atoms with Crippen LogP contribution >= 0.6 is 0 Å². The Morgan fingerprint density at radius 2 is 1.93 bits per heavy atom. The lowest BCUT2D eigenvalue weighted by Gasteiger charge is -2.48. The average molecular weight is 405 g/mol. The van der Waals surface area contributed by atoms with Crippen LogP contribution in [0.1, 0.15) is 42.5 Å². The zero-order valence-corrected chi connectivity index (χ0v) is 16.4. The van der Waals surface area contributed by atoms with Crippen molar-refractivity contribution >= 4 is 17.6 Å². The molecule has 0 bridgehead atoms. The van der Waals surface area contributed by atoms with Crippen molar-refractivity contribution in [3.63, 3.8) is 0 Å². The summed E-state index contributed by atoms with van der Waals surface area (Å²) >= 11 is 0.